The molecule has 3 aromatic heterocycles. The van der Waals surface area contributed by atoms with Crippen LogP contribution in [0.5, 0.6) is 0 Å². The van der Waals surface area contributed by atoms with Gasteiger partial charge in [0.05, 0.1) is 0 Å². The van der Waals surface area contributed by atoms with Crippen molar-refractivity contribution in [3.8, 4) is 33.6 Å². The minimum atomic E-state index is 0.259. The van der Waals surface area contributed by atoms with Gasteiger partial charge in [0.15, 0.2) is 17.5 Å². The van der Waals surface area contributed by atoms with Crippen LogP contribution in [-0.2, 0) is 0 Å². The summed E-state index contributed by atoms with van der Waals surface area (Å²) in [5.74, 6) is 3.56. The molecule has 5 nitrogen and oxygen atoms in total. The fraction of sp³-hybridized carbons (Fsp3) is 0.118. The van der Waals surface area contributed by atoms with Gasteiger partial charge in [-0.3, -0.25) is 0 Å². The normalized spacial score (nSPS) is 17.7. The highest BCUT2D eigenvalue weighted by molar-refractivity contribution is 6.16. The Morgan fingerprint density at radius 2 is 1.34 bits per heavy atom. The lowest BCUT2D eigenvalue weighted by Crippen LogP contribution is -2.15. The van der Waals surface area contributed by atoms with Crippen molar-refractivity contribution in [1.29, 1.82) is 0 Å². The second-order valence-corrected chi connectivity index (χ2v) is 14.9. The molecule has 56 heavy (non-hydrogen) atoms. The first-order valence-electron chi connectivity index (χ1n) is 19.5. The van der Waals surface area contributed by atoms with E-state index >= 15 is 0 Å². The molecule has 268 valence electrons. The van der Waals surface area contributed by atoms with Gasteiger partial charge in [-0.2, -0.15) is 0 Å². The summed E-state index contributed by atoms with van der Waals surface area (Å²) in [6.07, 6.45) is 21.4. The number of hydrogen-bond donors (Lipinski definition) is 0. The van der Waals surface area contributed by atoms with Crippen LogP contribution in [0.25, 0.3) is 83.8 Å². The summed E-state index contributed by atoms with van der Waals surface area (Å²) in [5.41, 5.74) is 11.4. The maximum absolute atomic E-state index is 6.79. The van der Waals surface area contributed by atoms with Gasteiger partial charge in [-0.05, 0) is 90.1 Å². The van der Waals surface area contributed by atoms with Gasteiger partial charge in [0.25, 0.3) is 0 Å². The van der Waals surface area contributed by atoms with Crippen molar-refractivity contribution in [2.75, 3.05) is 0 Å². The molecule has 3 aliphatic rings. The molecule has 0 amide bonds. The summed E-state index contributed by atoms with van der Waals surface area (Å²) < 4.78 is 13.1. The Balaban J connectivity index is 1.09. The van der Waals surface area contributed by atoms with Crippen molar-refractivity contribution < 1.29 is 8.83 Å². The molecule has 0 saturated carbocycles. The minimum absolute atomic E-state index is 0.259. The zero-order chi connectivity index (χ0) is 37.0. The first kappa shape index (κ1) is 32.6. The number of furan rings is 2. The summed E-state index contributed by atoms with van der Waals surface area (Å²) in [4.78, 5) is 15.8. The molecule has 0 fully saturated rings. The minimum Gasteiger partial charge on any atom is -0.456 e. The summed E-state index contributed by atoms with van der Waals surface area (Å²) in [6, 6.07) is 40.2. The molecular weight excluding hydrogens is 687 g/mol. The Labute approximate surface area is 324 Å². The molecule has 8 aromatic rings. The zero-order valence-electron chi connectivity index (χ0n) is 30.7. The molecule has 0 radical (unpaired) electrons. The first-order valence-corrected chi connectivity index (χ1v) is 19.5. The second-order valence-electron chi connectivity index (χ2n) is 14.9. The van der Waals surface area contributed by atoms with Crippen molar-refractivity contribution in [1.82, 2.24) is 15.0 Å². The lowest BCUT2D eigenvalue weighted by atomic mass is 9.76. The number of aromatic nitrogens is 3. The molecular formula is C51H37N3O2. The third-order valence-electron chi connectivity index (χ3n) is 11.5. The third-order valence-corrected chi connectivity index (χ3v) is 11.5. The fourth-order valence-corrected chi connectivity index (χ4v) is 8.86. The first-order chi connectivity index (χ1) is 27.7. The second kappa shape index (κ2) is 13.5. The van der Waals surface area contributed by atoms with Crippen LogP contribution in [0.1, 0.15) is 54.6 Å². The summed E-state index contributed by atoms with van der Waals surface area (Å²) in [6.45, 7) is 0. The number of hydrogen-bond acceptors (Lipinski definition) is 5. The van der Waals surface area contributed by atoms with Crippen LogP contribution in [-0.4, -0.2) is 15.0 Å². The van der Waals surface area contributed by atoms with Crippen LogP contribution in [0.4, 0.5) is 0 Å². The van der Waals surface area contributed by atoms with Gasteiger partial charge in [0.2, 0.25) is 0 Å². The van der Waals surface area contributed by atoms with E-state index in [0.717, 1.165) is 97.9 Å². The topological polar surface area (TPSA) is 65.0 Å². The molecule has 3 aliphatic carbocycles. The van der Waals surface area contributed by atoms with Crippen molar-refractivity contribution in [3.63, 3.8) is 0 Å². The van der Waals surface area contributed by atoms with Crippen LogP contribution in [0.2, 0.25) is 0 Å². The molecule has 2 atom stereocenters. The molecule has 5 aromatic carbocycles. The van der Waals surface area contributed by atoms with E-state index in [9.17, 15) is 0 Å². The van der Waals surface area contributed by atoms with E-state index in [0.29, 0.717) is 17.5 Å². The number of rotatable bonds is 6. The smallest absolute Gasteiger partial charge is 0.164 e. The number of allylic oxidation sites excluding steroid dienone is 9. The number of benzene rings is 5. The van der Waals surface area contributed by atoms with Gasteiger partial charge in [-0.15, -0.1) is 0 Å². The Bertz CT molecular complexity index is 2980. The Hall–Kier alpha value is -6.85. The van der Waals surface area contributed by atoms with Crippen LogP contribution in [0, 0.1) is 5.92 Å². The monoisotopic (exact) mass is 723 g/mol. The van der Waals surface area contributed by atoms with E-state index in [4.69, 9.17) is 23.8 Å². The standard InChI is InChI=1S/C51H37N3O2/c1-4-15-32(16-5-1)37-30-41(33-17-6-2-7-18-33)48-42(31-37)47-40(25-14-28-45(47)56-48)51-53-49(34-19-8-3-9-20-34)52-50(54-51)36-22-12-21-35(29-36)38-24-13-27-44-46(38)39-23-10-11-26-43(39)55-44/h1-8,10-19,22-23,25-31,35,38H,9,20-21,24H2. The van der Waals surface area contributed by atoms with Crippen molar-refractivity contribution >= 4 is 50.1 Å². The highest BCUT2D eigenvalue weighted by Gasteiger charge is 2.31. The summed E-state index contributed by atoms with van der Waals surface area (Å²) in [5, 5.41) is 3.23. The lowest BCUT2D eigenvalue weighted by Gasteiger charge is -2.27. The number of nitrogens with zero attached hydrogens (tertiary/aromatic N) is 3. The molecule has 0 saturated heterocycles. The Morgan fingerprint density at radius 1 is 0.571 bits per heavy atom. The largest absolute Gasteiger partial charge is 0.456 e. The third kappa shape index (κ3) is 5.58. The van der Waals surface area contributed by atoms with Crippen LogP contribution < -0.4 is 0 Å². The molecule has 0 bridgehead atoms. The molecule has 0 N–H and O–H groups in total. The van der Waals surface area contributed by atoms with E-state index < -0.39 is 0 Å². The Morgan fingerprint density at radius 3 is 2.20 bits per heavy atom. The van der Waals surface area contributed by atoms with Crippen LogP contribution >= 0.6 is 0 Å². The van der Waals surface area contributed by atoms with Gasteiger partial charge in [-0.1, -0.05) is 134 Å². The van der Waals surface area contributed by atoms with E-state index in [1.54, 1.807) is 0 Å². The van der Waals surface area contributed by atoms with E-state index in [-0.39, 0.29) is 11.8 Å². The van der Waals surface area contributed by atoms with Crippen LogP contribution in [0.3, 0.4) is 0 Å². The molecule has 2 unspecified atom stereocenters. The summed E-state index contributed by atoms with van der Waals surface area (Å²) in [7, 11) is 0. The lowest BCUT2D eigenvalue weighted by molar-refractivity contribution is 0.496. The van der Waals surface area contributed by atoms with E-state index in [1.807, 2.05) is 18.2 Å². The maximum atomic E-state index is 6.79. The average molecular weight is 724 g/mol. The number of para-hydroxylation sites is 1. The average Bonchev–Trinajstić information content (AvgIpc) is 3.86. The fourth-order valence-electron chi connectivity index (χ4n) is 8.86. The quantitative estimate of drug-likeness (QED) is 0.171. The molecule has 0 aliphatic heterocycles. The number of fused-ring (bicyclic) bond motifs is 6. The molecule has 11 rings (SSSR count). The SMILES string of the molecule is C1=CCCC(c2nc(C3=CC(C4CC=Cc5oc6ccccc6c54)CC=C3)nc(-c3cccc4oc5c(-c6ccccc6)cc(-c6ccccc6)cc5c34)n2)=C1. The van der Waals surface area contributed by atoms with Crippen molar-refractivity contribution in [2.24, 2.45) is 5.92 Å². The predicted molar refractivity (Wildman–Crippen MR) is 228 cm³/mol. The highest BCUT2D eigenvalue weighted by atomic mass is 16.3. The van der Waals surface area contributed by atoms with Crippen molar-refractivity contribution in [2.45, 2.75) is 31.6 Å². The van der Waals surface area contributed by atoms with Crippen molar-refractivity contribution in [3.05, 3.63) is 181 Å². The molecule has 0 spiro atoms. The van der Waals surface area contributed by atoms with Gasteiger partial charge in [0.1, 0.15) is 22.5 Å². The van der Waals surface area contributed by atoms with Gasteiger partial charge >= 0.3 is 0 Å². The summed E-state index contributed by atoms with van der Waals surface area (Å²) >= 11 is 0. The van der Waals surface area contributed by atoms with Crippen LogP contribution in [0.15, 0.2) is 167 Å². The zero-order valence-corrected chi connectivity index (χ0v) is 30.7. The van der Waals surface area contributed by atoms with E-state index in [1.165, 1.54) is 10.9 Å². The van der Waals surface area contributed by atoms with Gasteiger partial charge < -0.3 is 8.83 Å². The maximum Gasteiger partial charge on any atom is 0.164 e. The Kier molecular flexibility index (Phi) is 7.83. The van der Waals surface area contributed by atoms with Gasteiger partial charge in [0, 0.05) is 38.4 Å². The van der Waals surface area contributed by atoms with E-state index in [2.05, 4.69) is 146 Å². The highest BCUT2D eigenvalue weighted by Crippen LogP contribution is 2.46. The predicted octanol–water partition coefficient (Wildman–Crippen LogP) is 13.4. The van der Waals surface area contributed by atoms with Gasteiger partial charge in [-0.25, -0.2) is 15.0 Å². The molecule has 3 heterocycles. The molecule has 5 heteroatoms.